The first kappa shape index (κ1) is 20.5. The van der Waals surface area contributed by atoms with E-state index in [0.29, 0.717) is 6.61 Å². The van der Waals surface area contributed by atoms with Gasteiger partial charge in [0.05, 0.1) is 6.54 Å². The lowest BCUT2D eigenvalue weighted by Crippen LogP contribution is -2.42. The van der Waals surface area contributed by atoms with Gasteiger partial charge >= 0.3 is 0 Å². The molecule has 1 aromatic carbocycles. The number of hydrogen-bond donors (Lipinski definition) is 1. The van der Waals surface area contributed by atoms with Crippen LogP contribution in [0.25, 0.3) is 0 Å². The number of guanidine groups is 1. The standard InChI is InChI=1S/C20H35N5O/c1-21-20(24(3)17-18-26-19-9-5-4-6-10-19)22-11-7-13-25-14-8-12-23(2)15-16-25/h4-6,9-10H,7-8,11-18H2,1-3H3,(H,21,22). The van der Waals surface area contributed by atoms with Gasteiger partial charge in [0.25, 0.3) is 0 Å². The first-order chi connectivity index (χ1) is 12.7. The third-order valence-electron chi connectivity index (χ3n) is 4.76. The van der Waals surface area contributed by atoms with Crippen molar-refractivity contribution in [3.05, 3.63) is 30.3 Å². The number of hydrogen-bond acceptors (Lipinski definition) is 4. The molecule has 1 saturated heterocycles. The van der Waals surface area contributed by atoms with E-state index in [1.807, 2.05) is 44.4 Å². The molecule has 0 bridgehead atoms. The minimum absolute atomic E-state index is 0.641. The minimum Gasteiger partial charge on any atom is -0.492 e. The highest BCUT2D eigenvalue weighted by Gasteiger charge is 2.11. The monoisotopic (exact) mass is 361 g/mol. The Bertz CT molecular complexity index is 522. The molecule has 1 aromatic rings. The van der Waals surface area contributed by atoms with Crippen molar-refractivity contribution in [2.75, 3.05) is 73.6 Å². The fraction of sp³-hybridized carbons (Fsp3) is 0.650. The summed E-state index contributed by atoms with van der Waals surface area (Å²) in [6, 6.07) is 9.93. The maximum Gasteiger partial charge on any atom is 0.193 e. The molecular formula is C20H35N5O. The van der Waals surface area contributed by atoms with Crippen molar-refractivity contribution in [3.8, 4) is 5.75 Å². The second-order valence-corrected chi connectivity index (χ2v) is 6.91. The van der Waals surface area contributed by atoms with Crippen LogP contribution in [0.2, 0.25) is 0 Å². The van der Waals surface area contributed by atoms with Gasteiger partial charge in [-0.05, 0) is 51.7 Å². The van der Waals surface area contributed by atoms with E-state index < -0.39 is 0 Å². The number of likely N-dealkylation sites (N-methyl/N-ethyl adjacent to an activating group) is 2. The van der Waals surface area contributed by atoms with Crippen LogP contribution in [0.1, 0.15) is 12.8 Å². The van der Waals surface area contributed by atoms with Gasteiger partial charge in [0.2, 0.25) is 0 Å². The maximum absolute atomic E-state index is 5.76. The van der Waals surface area contributed by atoms with Crippen molar-refractivity contribution in [1.82, 2.24) is 20.0 Å². The second-order valence-electron chi connectivity index (χ2n) is 6.91. The van der Waals surface area contributed by atoms with Crippen LogP contribution in [0, 0.1) is 0 Å². The van der Waals surface area contributed by atoms with E-state index in [0.717, 1.165) is 37.8 Å². The van der Waals surface area contributed by atoms with E-state index in [2.05, 4.69) is 32.1 Å². The summed E-state index contributed by atoms with van der Waals surface area (Å²) in [5.74, 6) is 1.84. The van der Waals surface area contributed by atoms with Crippen LogP contribution in [0.3, 0.4) is 0 Å². The van der Waals surface area contributed by atoms with Gasteiger partial charge in [0.1, 0.15) is 12.4 Å². The fourth-order valence-electron chi connectivity index (χ4n) is 3.13. The van der Waals surface area contributed by atoms with E-state index in [9.17, 15) is 0 Å². The highest BCUT2D eigenvalue weighted by atomic mass is 16.5. The summed E-state index contributed by atoms with van der Waals surface area (Å²) < 4.78 is 5.76. The van der Waals surface area contributed by atoms with Gasteiger partial charge in [0.15, 0.2) is 5.96 Å². The molecule has 0 radical (unpaired) electrons. The van der Waals surface area contributed by atoms with E-state index >= 15 is 0 Å². The molecule has 0 aromatic heterocycles. The smallest absolute Gasteiger partial charge is 0.193 e. The summed E-state index contributed by atoms with van der Waals surface area (Å²) in [7, 11) is 6.10. The lowest BCUT2D eigenvalue weighted by atomic mass is 10.3. The van der Waals surface area contributed by atoms with Gasteiger partial charge in [-0.2, -0.15) is 0 Å². The molecule has 6 nitrogen and oxygen atoms in total. The molecule has 0 amide bonds. The zero-order valence-electron chi connectivity index (χ0n) is 16.7. The lowest BCUT2D eigenvalue weighted by Gasteiger charge is -2.23. The van der Waals surface area contributed by atoms with Crippen molar-refractivity contribution in [1.29, 1.82) is 0 Å². The highest BCUT2D eigenvalue weighted by Crippen LogP contribution is 2.07. The molecule has 26 heavy (non-hydrogen) atoms. The number of para-hydroxylation sites is 1. The average Bonchev–Trinajstić information content (AvgIpc) is 2.87. The Balaban J connectivity index is 1.60. The topological polar surface area (TPSA) is 43.3 Å². The molecule has 0 spiro atoms. The van der Waals surface area contributed by atoms with Crippen molar-refractivity contribution >= 4 is 5.96 Å². The molecule has 0 unspecified atom stereocenters. The second kappa shape index (κ2) is 11.8. The highest BCUT2D eigenvalue weighted by molar-refractivity contribution is 5.79. The maximum atomic E-state index is 5.76. The van der Waals surface area contributed by atoms with E-state index in [4.69, 9.17) is 4.74 Å². The Kier molecular flexibility index (Phi) is 9.28. The number of ether oxygens (including phenoxy) is 1. The van der Waals surface area contributed by atoms with Crippen LogP contribution < -0.4 is 10.1 Å². The summed E-state index contributed by atoms with van der Waals surface area (Å²) in [5.41, 5.74) is 0. The minimum atomic E-state index is 0.641. The normalized spacial score (nSPS) is 17.0. The Morgan fingerprint density at radius 3 is 2.77 bits per heavy atom. The van der Waals surface area contributed by atoms with Crippen molar-refractivity contribution < 1.29 is 4.74 Å². The molecular weight excluding hydrogens is 326 g/mol. The van der Waals surface area contributed by atoms with Gasteiger partial charge in [-0.25, -0.2) is 0 Å². The van der Waals surface area contributed by atoms with Crippen molar-refractivity contribution in [2.24, 2.45) is 4.99 Å². The molecule has 0 saturated carbocycles. The molecule has 1 heterocycles. The molecule has 1 N–H and O–H groups in total. The largest absolute Gasteiger partial charge is 0.492 e. The third kappa shape index (κ3) is 7.62. The van der Waals surface area contributed by atoms with E-state index in [-0.39, 0.29) is 0 Å². The van der Waals surface area contributed by atoms with Crippen LogP contribution >= 0.6 is 0 Å². The molecule has 0 atom stereocenters. The first-order valence-corrected chi connectivity index (χ1v) is 9.69. The SMILES string of the molecule is CN=C(NCCCN1CCCN(C)CC1)N(C)CCOc1ccccc1. The van der Waals surface area contributed by atoms with Crippen molar-refractivity contribution in [3.63, 3.8) is 0 Å². The van der Waals surface area contributed by atoms with Crippen LogP contribution in [-0.4, -0.2) is 94.2 Å². The van der Waals surface area contributed by atoms with Gasteiger partial charge < -0.3 is 24.8 Å². The van der Waals surface area contributed by atoms with Crippen LogP contribution in [0.15, 0.2) is 35.3 Å². The van der Waals surface area contributed by atoms with Gasteiger partial charge in [-0.1, -0.05) is 18.2 Å². The number of aliphatic imine (C=N–C) groups is 1. The number of nitrogens with zero attached hydrogens (tertiary/aromatic N) is 4. The Morgan fingerprint density at radius 1 is 1.19 bits per heavy atom. The molecule has 1 aliphatic heterocycles. The summed E-state index contributed by atoms with van der Waals surface area (Å²) in [6.07, 6.45) is 2.41. The summed E-state index contributed by atoms with van der Waals surface area (Å²) >= 11 is 0. The number of nitrogens with one attached hydrogen (secondary N) is 1. The number of benzene rings is 1. The average molecular weight is 362 g/mol. The van der Waals surface area contributed by atoms with Gasteiger partial charge in [-0.3, -0.25) is 4.99 Å². The number of rotatable bonds is 8. The molecule has 6 heteroatoms. The van der Waals surface area contributed by atoms with E-state index in [1.165, 1.54) is 32.6 Å². The van der Waals surface area contributed by atoms with Crippen LogP contribution in [0.5, 0.6) is 5.75 Å². The molecule has 146 valence electrons. The zero-order chi connectivity index (χ0) is 18.6. The Hall–Kier alpha value is -1.79. The summed E-state index contributed by atoms with van der Waals surface area (Å²) in [6.45, 7) is 8.34. The molecule has 1 aliphatic rings. The quantitative estimate of drug-likeness (QED) is 0.433. The predicted octanol–water partition coefficient (Wildman–Crippen LogP) is 1.60. The Labute approximate surface area is 158 Å². The zero-order valence-corrected chi connectivity index (χ0v) is 16.7. The molecule has 1 fully saturated rings. The van der Waals surface area contributed by atoms with Crippen LogP contribution in [0.4, 0.5) is 0 Å². The van der Waals surface area contributed by atoms with Crippen molar-refractivity contribution in [2.45, 2.75) is 12.8 Å². The molecule has 0 aliphatic carbocycles. The van der Waals surface area contributed by atoms with Crippen LogP contribution in [-0.2, 0) is 0 Å². The summed E-state index contributed by atoms with van der Waals surface area (Å²) in [4.78, 5) is 11.5. The third-order valence-corrected chi connectivity index (χ3v) is 4.76. The van der Waals surface area contributed by atoms with Gasteiger partial charge in [0, 0.05) is 33.7 Å². The first-order valence-electron chi connectivity index (χ1n) is 9.69. The van der Waals surface area contributed by atoms with E-state index in [1.54, 1.807) is 0 Å². The lowest BCUT2D eigenvalue weighted by molar-refractivity contribution is 0.271. The molecule has 2 rings (SSSR count). The Morgan fingerprint density at radius 2 is 2.00 bits per heavy atom. The fourth-order valence-corrected chi connectivity index (χ4v) is 3.13. The summed E-state index contributed by atoms with van der Waals surface area (Å²) in [5, 5.41) is 3.47. The van der Waals surface area contributed by atoms with Gasteiger partial charge in [-0.15, -0.1) is 0 Å². The predicted molar refractivity (Wildman–Crippen MR) is 109 cm³/mol.